The summed E-state index contributed by atoms with van der Waals surface area (Å²) in [6, 6.07) is 14.4. The molecule has 0 amide bonds. The normalized spacial score (nSPS) is 11.1. The number of ether oxygens (including phenoxy) is 1. The van der Waals surface area contributed by atoms with Crippen LogP contribution in [0, 0.1) is 10.1 Å². The van der Waals surface area contributed by atoms with Crippen molar-refractivity contribution in [2.45, 2.75) is 26.9 Å². The fourth-order valence-corrected chi connectivity index (χ4v) is 2.41. The Bertz CT molecular complexity index is 762. The molecule has 2 rings (SSSR count). The smallest absolute Gasteiger partial charge is 0.269 e. The topological polar surface area (TPSA) is 88.8 Å². The molecule has 2 N–H and O–H groups in total. The minimum absolute atomic E-state index is 0.0706. The molecule has 0 unspecified atom stereocenters. The van der Waals surface area contributed by atoms with E-state index in [1.54, 1.807) is 6.07 Å². The summed E-state index contributed by atoms with van der Waals surface area (Å²) < 4.78 is 5.63. The third-order valence-electron chi connectivity index (χ3n) is 3.60. The number of non-ortho nitro benzene ring substituents is 1. The van der Waals surface area contributed by atoms with Gasteiger partial charge in [0.25, 0.3) is 5.69 Å². The Labute approximate surface area is 153 Å². The molecule has 0 fully saturated rings. The summed E-state index contributed by atoms with van der Waals surface area (Å²) in [5, 5.41) is 17.3. The molecule has 0 aliphatic carbocycles. The Morgan fingerprint density at radius 1 is 1.15 bits per heavy atom. The summed E-state index contributed by atoms with van der Waals surface area (Å²) in [4.78, 5) is 15.0. The molecule has 0 aliphatic heterocycles. The van der Waals surface area contributed by atoms with E-state index in [1.165, 1.54) is 12.1 Å². The number of rotatable bonds is 8. The maximum atomic E-state index is 10.9. The van der Waals surface area contributed by atoms with Crippen LogP contribution in [-0.4, -0.2) is 24.0 Å². The van der Waals surface area contributed by atoms with E-state index < -0.39 is 4.92 Å². The van der Waals surface area contributed by atoms with Gasteiger partial charge >= 0.3 is 0 Å². The van der Waals surface area contributed by atoms with Gasteiger partial charge in [0.05, 0.1) is 18.1 Å². The van der Waals surface area contributed by atoms with Gasteiger partial charge < -0.3 is 15.4 Å². The van der Waals surface area contributed by atoms with Crippen molar-refractivity contribution in [2.24, 2.45) is 4.99 Å². The molecule has 0 radical (unpaired) electrons. The lowest BCUT2D eigenvalue weighted by Gasteiger charge is -2.14. The molecule has 0 aromatic heterocycles. The first-order valence-corrected chi connectivity index (χ1v) is 8.60. The van der Waals surface area contributed by atoms with Crippen LogP contribution in [0.4, 0.5) is 5.69 Å². The zero-order valence-corrected chi connectivity index (χ0v) is 15.1. The molecule has 2 aromatic rings. The van der Waals surface area contributed by atoms with E-state index in [0.717, 1.165) is 16.9 Å². The SMILES string of the molecule is CCNC(=NCc1cccc([N+](=O)[O-])c1)NCc1ccccc1OCC. The lowest BCUT2D eigenvalue weighted by Crippen LogP contribution is -2.36. The summed E-state index contributed by atoms with van der Waals surface area (Å²) in [6.07, 6.45) is 0. The average molecular weight is 356 g/mol. The monoisotopic (exact) mass is 356 g/mol. The van der Waals surface area contributed by atoms with Crippen molar-refractivity contribution in [3.8, 4) is 5.75 Å². The van der Waals surface area contributed by atoms with Gasteiger partial charge in [-0.05, 0) is 25.5 Å². The van der Waals surface area contributed by atoms with Crippen LogP contribution >= 0.6 is 0 Å². The molecule has 0 bridgehead atoms. The van der Waals surface area contributed by atoms with Gasteiger partial charge in [-0.3, -0.25) is 10.1 Å². The molecular formula is C19H24N4O3. The molecule has 26 heavy (non-hydrogen) atoms. The van der Waals surface area contributed by atoms with Crippen LogP contribution < -0.4 is 15.4 Å². The second kappa shape index (κ2) is 10.0. The number of nitrogens with zero attached hydrogens (tertiary/aromatic N) is 2. The van der Waals surface area contributed by atoms with E-state index in [2.05, 4.69) is 15.6 Å². The van der Waals surface area contributed by atoms with Crippen LogP contribution in [0.25, 0.3) is 0 Å². The van der Waals surface area contributed by atoms with Crippen molar-refractivity contribution in [3.63, 3.8) is 0 Å². The zero-order valence-electron chi connectivity index (χ0n) is 15.1. The van der Waals surface area contributed by atoms with E-state index in [-0.39, 0.29) is 5.69 Å². The Morgan fingerprint density at radius 3 is 2.69 bits per heavy atom. The number of hydrogen-bond donors (Lipinski definition) is 2. The van der Waals surface area contributed by atoms with E-state index >= 15 is 0 Å². The zero-order chi connectivity index (χ0) is 18.8. The van der Waals surface area contributed by atoms with Crippen LogP contribution in [0.3, 0.4) is 0 Å². The number of guanidine groups is 1. The summed E-state index contributed by atoms with van der Waals surface area (Å²) in [6.45, 7) is 6.18. The molecule has 0 aliphatic rings. The number of aliphatic imine (C=N–C) groups is 1. The number of benzene rings is 2. The van der Waals surface area contributed by atoms with Gasteiger partial charge in [-0.1, -0.05) is 30.3 Å². The van der Waals surface area contributed by atoms with Crippen LogP contribution in [-0.2, 0) is 13.1 Å². The molecule has 138 valence electrons. The highest BCUT2D eigenvalue weighted by Gasteiger charge is 2.06. The second-order valence-electron chi connectivity index (χ2n) is 5.52. The minimum Gasteiger partial charge on any atom is -0.494 e. The standard InChI is InChI=1S/C19H24N4O3/c1-3-20-19(21-13-15-8-7-10-17(12-15)23(24)25)22-14-16-9-5-6-11-18(16)26-4-2/h5-12H,3-4,13-14H2,1-2H3,(H2,20,21,22). The minimum atomic E-state index is -0.401. The Balaban J connectivity index is 2.05. The number of nitro groups is 1. The average Bonchev–Trinajstić information content (AvgIpc) is 2.65. The summed E-state index contributed by atoms with van der Waals surface area (Å²) in [5.41, 5.74) is 1.89. The highest BCUT2D eigenvalue weighted by Crippen LogP contribution is 2.17. The molecular weight excluding hydrogens is 332 g/mol. The third kappa shape index (κ3) is 5.77. The van der Waals surface area contributed by atoms with Crippen molar-refractivity contribution in [1.29, 1.82) is 0 Å². The molecule has 7 heteroatoms. The quantitative estimate of drug-likeness (QED) is 0.328. The van der Waals surface area contributed by atoms with Crippen molar-refractivity contribution in [1.82, 2.24) is 10.6 Å². The van der Waals surface area contributed by atoms with Crippen LogP contribution in [0.1, 0.15) is 25.0 Å². The summed E-state index contributed by atoms with van der Waals surface area (Å²) in [5.74, 6) is 1.49. The molecule has 0 heterocycles. The van der Waals surface area contributed by atoms with Gasteiger partial charge in [-0.15, -0.1) is 0 Å². The predicted molar refractivity (Wildman–Crippen MR) is 102 cm³/mol. The number of para-hydroxylation sites is 1. The van der Waals surface area contributed by atoms with Gasteiger partial charge in [0.2, 0.25) is 0 Å². The second-order valence-corrected chi connectivity index (χ2v) is 5.52. The summed E-state index contributed by atoms with van der Waals surface area (Å²) in [7, 11) is 0. The number of hydrogen-bond acceptors (Lipinski definition) is 4. The van der Waals surface area contributed by atoms with Gasteiger partial charge in [0, 0.05) is 30.8 Å². The fraction of sp³-hybridized carbons (Fsp3) is 0.316. The lowest BCUT2D eigenvalue weighted by atomic mass is 10.2. The van der Waals surface area contributed by atoms with Crippen molar-refractivity contribution < 1.29 is 9.66 Å². The number of nitrogens with one attached hydrogen (secondary N) is 2. The molecule has 0 atom stereocenters. The van der Waals surface area contributed by atoms with Crippen LogP contribution in [0.15, 0.2) is 53.5 Å². The van der Waals surface area contributed by atoms with Crippen LogP contribution in [0.2, 0.25) is 0 Å². The Kier molecular flexibility index (Phi) is 7.42. The first-order valence-electron chi connectivity index (χ1n) is 8.60. The highest BCUT2D eigenvalue weighted by atomic mass is 16.6. The van der Waals surface area contributed by atoms with Crippen molar-refractivity contribution >= 4 is 11.6 Å². The summed E-state index contributed by atoms with van der Waals surface area (Å²) >= 11 is 0. The van der Waals surface area contributed by atoms with Crippen molar-refractivity contribution in [3.05, 3.63) is 69.8 Å². The first-order chi connectivity index (χ1) is 12.6. The van der Waals surface area contributed by atoms with Crippen molar-refractivity contribution in [2.75, 3.05) is 13.2 Å². The van der Waals surface area contributed by atoms with Gasteiger partial charge in [-0.25, -0.2) is 4.99 Å². The van der Waals surface area contributed by atoms with E-state index in [0.29, 0.717) is 32.2 Å². The maximum absolute atomic E-state index is 10.9. The Morgan fingerprint density at radius 2 is 1.96 bits per heavy atom. The van der Waals surface area contributed by atoms with Gasteiger partial charge in [0.15, 0.2) is 5.96 Å². The van der Waals surface area contributed by atoms with E-state index in [1.807, 2.05) is 44.2 Å². The first kappa shape index (κ1) is 19.2. The maximum Gasteiger partial charge on any atom is 0.269 e. The van der Waals surface area contributed by atoms with Gasteiger partial charge in [-0.2, -0.15) is 0 Å². The predicted octanol–water partition coefficient (Wildman–Crippen LogP) is 3.25. The molecule has 2 aromatic carbocycles. The fourth-order valence-electron chi connectivity index (χ4n) is 2.41. The van der Waals surface area contributed by atoms with Gasteiger partial charge in [0.1, 0.15) is 5.75 Å². The molecule has 7 nitrogen and oxygen atoms in total. The lowest BCUT2D eigenvalue weighted by molar-refractivity contribution is -0.384. The Hall–Kier alpha value is -3.09. The largest absolute Gasteiger partial charge is 0.494 e. The number of nitro benzene ring substituents is 1. The molecule has 0 spiro atoms. The van der Waals surface area contributed by atoms with E-state index in [4.69, 9.17) is 4.74 Å². The van der Waals surface area contributed by atoms with Crippen LogP contribution in [0.5, 0.6) is 5.75 Å². The van der Waals surface area contributed by atoms with E-state index in [9.17, 15) is 10.1 Å². The third-order valence-corrected chi connectivity index (χ3v) is 3.60. The molecule has 0 saturated carbocycles. The highest BCUT2D eigenvalue weighted by molar-refractivity contribution is 5.79. The molecule has 0 saturated heterocycles.